The third-order valence-electron chi connectivity index (χ3n) is 4.74. The van der Waals surface area contributed by atoms with Crippen molar-refractivity contribution in [1.82, 2.24) is 9.55 Å². The highest BCUT2D eigenvalue weighted by Gasteiger charge is 2.26. The number of allylic oxidation sites excluding steroid dienone is 2. The van der Waals surface area contributed by atoms with E-state index in [1.165, 1.54) is 48.9 Å². The van der Waals surface area contributed by atoms with E-state index in [0.29, 0.717) is 6.04 Å². The van der Waals surface area contributed by atoms with Crippen LogP contribution in [0.15, 0.2) is 48.9 Å². The molecule has 2 aromatic rings. The van der Waals surface area contributed by atoms with Crippen LogP contribution in [0, 0.1) is 5.92 Å². The first kappa shape index (κ1) is 12.0. The molecule has 1 aliphatic carbocycles. The quantitative estimate of drug-likeness (QED) is 0.725. The average Bonchev–Trinajstić information content (AvgIpc) is 3.07. The van der Waals surface area contributed by atoms with Gasteiger partial charge in [0.25, 0.3) is 0 Å². The number of fused-ring (bicyclic) bond motifs is 3. The molecule has 2 heteroatoms. The molecule has 0 amide bonds. The van der Waals surface area contributed by atoms with Crippen LogP contribution in [0.1, 0.15) is 43.7 Å². The van der Waals surface area contributed by atoms with Crippen LogP contribution in [0.3, 0.4) is 0 Å². The highest BCUT2D eigenvalue weighted by atomic mass is 15.1. The van der Waals surface area contributed by atoms with E-state index in [1.807, 2.05) is 12.5 Å². The summed E-state index contributed by atoms with van der Waals surface area (Å²) in [7, 11) is 0. The smallest absolute Gasteiger partial charge is 0.0959 e. The zero-order chi connectivity index (χ0) is 13.4. The van der Waals surface area contributed by atoms with Gasteiger partial charge in [0.1, 0.15) is 0 Å². The second-order valence-electron chi connectivity index (χ2n) is 6.00. The largest absolute Gasteiger partial charge is 0.319 e. The first-order valence-electron chi connectivity index (χ1n) is 7.73. The molecule has 2 aliphatic rings. The number of nitrogens with zero attached hydrogens (tertiary/aromatic N) is 2. The monoisotopic (exact) mass is 264 g/mol. The van der Waals surface area contributed by atoms with Crippen LogP contribution in [0.25, 0.3) is 11.3 Å². The Balaban J connectivity index is 1.66. The van der Waals surface area contributed by atoms with Crippen molar-refractivity contribution in [3.8, 4) is 11.3 Å². The van der Waals surface area contributed by atoms with Crippen molar-refractivity contribution in [2.75, 3.05) is 0 Å². The number of rotatable bonds is 2. The molecule has 1 unspecified atom stereocenters. The van der Waals surface area contributed by atoms with Gasteiger partial charge in [0, 0.05) is 5.56 Å². The fraction of sp³-hybridized carbons (Fsp3) is 0.389. The minimum Gasteiger partial charge on any atom is -0.319 e. The highest BCUT2D eigenvalue weighted by molar-refractivity contribution is 5.69. The molecule has 20 heavy (non-hydrogen) atoms. The van der Waals surface area contributed by atoms with E-state index in [-0.39, 0.29) is 0 Å². The molecular formula is C18H20N2. The maximum Gasteiger partial charge on any atom is 0.0959 e. The zero-order valence-electron chi connectivity index (χ0n) is 11.7. The van der Waals surface area contributed by atoms with E-state index >= 15 is 0 Å². The molecular weight excluding hydrogens is 244 g/mol. The van der Waals surface area contributed by atoms with Crippen LogP contribution in [0.4, 0.5) is 0 Å². The van der Waals surface area contributed by atoms with Gasteiger partial charge in [-0.05, 0) is 24.3 Å². The Bertz CT molecular complexity index is 632. The van der Waals surface area contributed by atoms with Crippen molar-refractivity contribution in [2.24, 2.45) is 5.92 Å². The molecule has 0 N–H and O–H groups in total. The fourth-order valence-corrected chi connectivity index (χ4v) is 3.66. The number of hydrogen-bond acceptors (Lipinski definition) is 1. The molecule has 4 rings (SSSR count). The summed E-state index contributed by atoms with van der Waals surface area (Å²) in [5.74, 6) is 0.781. The van der Waals surface area contributed by atoms with Crippen molar-refractivity contribution in [2.45, 2.75) is 38.1 Å². The Morgan fingerprint density at radius 1 is 1.05 bits per heavy atom. The zero-order valence-corrected chi connectivity index (χ0v) is 11.7. The van der Waals surface area contributed by atoms with Gasteiger partial charge in [-0.25, -0.2) is 4.98 Å². The van der Waals surface area contributed by atoms with Gasteiger partial charge in [-0.3, -0.25) is 0 Å². The highest BCUT2D eigenvalue weighted by Crippen LogP contribution is 2.40. The van der Waals surface area contributed by atoms with Gasteiger partial charge in [-0.15, -0.1) is 0 Å². The average molecular weight is 264 g/mol. The van der Waals surface area contributed by atoms with E-state index in [0.717, 1.165) is 5.92 Å². The van der Waals surface area contributed by atoms with Crippen molar-refractivity contribution in [1.29, 1.82) is 0 Å². The third-order valence-corrected chi connectivity index (χ3v) is 4.74. The SMILES string of the molecule is C(=CC1c2ccccc2-c2cncn21)C1CCCCC1. The Morgan fingerprint density at radius 3 is 2.80 bits per heavy atom. The lowest BCUT2D eigenvalue weighted by Gasteiger charge is -2.19. The minimum absolute atomic E-state index is 0.339. The lowest BCUT2D eigenvalue weighted by Crippen LogP contribution is -2.05. The number of hydrogen-bond donors (Lipinski definition) is 0. The summed E-state index contributed by atoms with van der Waals surface area (Å²) in [5, 5.41) is 0. The van der Waals surface area contributed by atoms with Crippen LogP contribution in [-0.4, -0.2) is 9.55 Å². The Kier molecular flexibility index (Phi) is 2.95. The number of benzene rings is 1. The molecule has 2 heterocycles. The normalized spacial score (nSPS) is 22.1. The van der Waals surface area contributed by atoms with Crippen LogP contribution >= 0.6 is 0 Å². The molecule has 0 spiro atoms. The van der Waals surface area contributed by atoms with Gasteiger partial charge >= 0.3 is 0 Å². The van der Waals surface area contributed by atoms with Crippen molar-refractivity contribution < 1.29 is 0 Å². The Labute approximate surface area is 120 Å². The molecule has 1 aromatic carbocycles. The van der Waals surface area contributed by atoms with E-state index in [9.17, 15) is 0 Å². The summed E-state index contributed by atoms with van der Waals surface area (Å²) in [4.78, 5) is 4.32. The maximum atomic E-state index is 4.32. The Morgan fingerprint density at radius 2 is 1.90 bits per heavy atom. The van der Waals surface area contributed by atoms with E-state index in [1.54, 1.807) is 0 Å². The summed E-state index contributed by atoms with van der Waals surface area (Å²) in [5.41, 5.74) is 4.00. The van der Waals surface area contributed by atoms with Gasteiger partial charge < -0.3 is 4.57 Å². The van der Waals surface area contributed by atoms with Gasteiger partial charge in [0.05, 0.1) is 24.3 Å². The predicted octanol–water partition coefficient (Wildman–Crippen LogP) is 4.59. The van der Waals surface area contributed by atoms with Gasteiger partial charge in [0.15, 0.2) is 0 Å². The molecule has 0 saturated heterocycles. The predicted molar refractivity (Wildman–Crippen MR) is 81.5 cm³/mol. The minimum atomic E-state index is 0.339. The van der Waals surface area contributed by atoms with Gasteiger partial charge in [-0.1, -0.05) is 55.7 Å². The van der Waals surface area contributed by atoms with E-state index in [4.69, 9.17) is 0 Å². The molecule has 1 atom stereocenters. The van der Waals surface area contributed by atoms with E-state index < -0.39 is 0 Å². The van der Waals surface area contributed by atoms with Crippen molar-refractivity contribution in [3.63, 3.8) is 0 Å². The fourth-order valence-electron chi connectivity index (χ4n) is 3.66. The second-order valence-corrected chi connectivity index (χ2v) is 6.00. The molecule has 1 fully saturated rings. The number of imidazole rings is 1. The topological polar surface area (TPSA) is 17.8 Å². The van der Waals surface area contributed by atoms with Crippen LogP contribution in [-0.2, 0) is 0 Å². The molecule has 1 aromatic heterocycles. The maximum absolute atomic E-state index is 4.32. The summed E-state index contributed by atoms with van der Waals surface area (Å²) < 4.78 is 2.30. The molecule has 2 nitrogen and oxygen atoms in total. The molecule has 1 aliphatic heterocycles. The first-order chi connectivity index (χ1) is 9.93. The number of aromatic nitrogens is 2. The lowest BCUT2D eigenvalue weighted by molar-refractivity contribution is 0.418. The summed E-state index contributed by atoms with van der Waals surface area (Å²) >= 11 is 0. The van der Waals surface area contributed by atoms with Crippen molar-refractivity contribution >= 4 is 0 Å². The van der Waals surface area contributed by atoms with Crippen LogP contribution in [0.2, 0.25) is 0 Å². The molecule has 102 valence electrons. The van der Waals surface area contributed by atoms with Crippen LogP contribution < -0.4 is 0 Å². The lowest BCUT2D eigenvalue weighted by atomic mass is 9.88. The molecule has 0 bridgehead atoms. The summed E-state index contributed by atoms with van der Waals surface area (Å²) in [6, 6.07) is 9.05. The van der Waals surface area contributed by atoms with Gasteiger partial charge in [0.2, 0.25) is 0 Å². The van der Waals surface area contributed by atoms with Gasteiger partial charge in [-0.2, -0.15) is 0 Å². The second kappa shape index (κ2) is 4.93. The van der Waals surface area contributed by atoms with Crippen molar-refractivity contribution in [3.05, 3.63) is 54.5 Å². The summed E-state index contributed by atoms with van der Waals surface area (Å²) in [6.45, 7) is 0. The summed E-state index contributed by atoms with van der Waals surface area (Å²) in [6.07, 6.45) is 15.7. The van der Waals surface area contributed by atoms with Crippen LogP contribution in [0.5, 0.6) is 0 Å². The molecule has 1 saturated carbocycles. The first-order valence-corrected chi connectivity index (χ1v) is 7.73. The standard InChI is InChI=1S/C18H20N2/c1-2-6-14(7-3-1)10-11-17-15-8-4-5-9-16(15)18-12-19-13-20(17)18/h4-5,8-14,17H,1-3,6-7H2. The van der Waals surface area contributed by atoms with E-state index in [2.05, 4.69) is 46.0 Å². The molecule has 0 radical (unpaired) electrons. The Hall–Kier alpha value is -1.83. The third kappa shape index (κ3) is 1.91.